The van der Waals surface area contributed by atoms with Crippen LogP contribution in [0.5, 0.6) is 0 Å². The van der Waals surface area contributed by atoms with Gasteiger partial charge in [-0.25, -0.2) is 4.79 Å². The number of carbonyl (C=O) groups excluding carboxylic acids is 1. The number of carboxylic acid groups (broad SMARTS) is 1. The van der Waals surface area contributed by atoms with Gasteiger partial charge in [-0.05, 0) is 12.1 Å². The topological polar surface area (TPSA) is 80.2 Å². The van der Waals surface area contributed by atoms with Crippen molar-refractivity contribution in [1.29, 1.82) is 0 Å². The highest BCUT2D eigenvalue weighted by molar-refractivity contribution is 7.14. The Kier molecular flexibility index (Phi) is 4.01. The molecule has 6 heteroatoms. The summed E-state index contributed by atoms with van der Waals surface area (Å²) in [6.07, 6.45) is 0.795. The molecule has 0 bridgehead atoms. The van der Waals surface area contributed by atoms with E-state index in [-0.39, 0.29) is 11.3 Å². The molecule has 0 unspecified atom stereocenters. The lowest BCUT2D eigenvalue weighted by atomic mass is 10.1. The van der Waals surface area contributed by atoms with Gasteiger partial charge in [0.15, 0.2) is 0 Å². The van der Waals surface area contributed by atoms with Crippen LogP contribution in [0, 0.1) is 0 Å². The molecule has 5 nitrogen and oxygen atoms in total. The summed E-state index contributed by atoms with van der Waals surface area (Å²) in [7, 11) is 0. The quantitative estimate of drug-likeness (QED) is 0.907. The van der Waals surface area contributed by atoms with Gasteiger partial charge < -0.3 is 5.11 Å². The molecule has 2 rings (SSSR count). The average molecular weight is 276 g/mol. The Balaban J connectivity index is 2.18. The molecule has 1 aromatic carbocycles. The molecule has 19 heavy (non-hydrogen) atoms. The number of aromatic carboxylic acids is 1. The van der Waals surface area contributed by atoms with Gasteiger partial charge in [0.05, 0.1) is 12.0 Å². The fourth-order valence-electron chi connectivity index (χ4n) is 1.49. The van der Waals surface area contributed by atoms with Gasteiger partial charge in [0.2, 0.25) is 0 Å². The highest BCUT2D eigenvalue weighted by atomic mass is 32.1. The van der Waals surface area contributed by atoms with E-state index in [1.165, 1.54) is 23.5 Å². The summed E-state index contributed by atoms with van der Waals surface area (Å²) in [6, 6.07) is 6.43. The van der Waals surface area contributed by atoms with Crippen molar-refractivity contribution in [2.24, 2.45) is 0 Å². The van der Waals surface area contributed by atoms with Gasteiger partial charge in [-0.3, -0.25) is 4.79 Å². The molecule has 0 aliphatic rings. The summed E-state index contributed by atoms with van der Waals surface area (Å²) in [6.45, 7) is 1.81. The smallest absolute Gasteiger partial charge is 0.335 e. The number of nitrogens with zero attached hydrogens (tertiary/aromatic N) is 2. The molecule has 1 aromatic heterocycles. The molecule has 0 aliphatic carbocycles. The van der Waals surface area contributed by atoms with Crippen LogP contribution in [0.2, 0.25) is 0 Å². The zero-order chi connectivity index (χ0) is 13.8. The van der Waals surface area contributed by atoms with Crippen molar-refractivity contribution >= 4 is 23.1 Å². The van der Waals surface area contributed by atoms with Crippen molar-refractivity contribution in [3.8, 4) is 10.6 Å². The van der Waals surface area contributed by atoms with Crippen LogP contribution in [0.15, 0.2) is 24.3 Å². The number of hydrogen-bond donors (Lipinski definition) is 1. The molecule has 0 radical (unpaired) electrons. The lowest BCUT2D eigenvalue weighted by Gasteiger charge is -1.96. The van der Waals surface area contributed by atoms with Crippen molar-refractivity contribution in [3.63, 3.8) is 0 Å². The van der Waals surface area contributed by atoms with E-state index in [2.05, 4.69) is 10.2 Å². The summed E-state index contributed by atoms with van der Waals surface area (Å²) in [4.78, 5) is 22.1. The maximum atomic E-state index is 11.3. The predicted molar refractivity (Wildman–Crippen MR) is 71.3 cm³/mol. The normalized spacial score (nSPS) is 10.4. The number of hydrogen-bond acceptors (Lipinski definition) is 5. The van der Waals surface area contributed by atoms with E-state index < -0.39 is 5.97 Å². The third-order valence-corrected chi connectivity index (χ3v) is 3.56. The predicted octanol–water partition coefficient (Wildman–Crippen LogP) is 2.42. The van der Waals surface area contributed by atoms with Gasteiger partial charge >= 0.3 is 5.97 Å². The van der Waals surface area contributed by atoms with Gasteiger partial charge in [-0.15, -0.1) is 10.2 Å². The first kappa shape index (κ1) is 13.4. The Labute approximate surface area is 113 Å². The van der Waals surface area contributed by atoms with Crippen molar-refractivity contribution in [2.75, 3.05) is 0 Å². The van der Waals surface area contributed by atoms with Crippen LogP contribution >= 0.6 is 11.3 Å². The maximum absolute atomic E-state index is 11.3. The maximum Gasteiger partial charge on any atom is 0.335 e. The lowest BCUT2D eigenvalue weighted by Crippen LogP contribution is -1.99. The number of benzene rings is 1. The third kappa shape index (κ3) is 3.23. The molecular formula is C13H12N2O3S. The summed E-state index contributed by atoms with van der Waals surface area (Å²) >= 11 is 1.35. The Morgan fingerprint density at radius 2 is 1.89 bits per heavy atom. The van der Waals surface area contributed by atoms with Crippen LogP contribution < -0.4 is 0 Å². The summed E-state index contributed by atoms with van der Waals surface area (Å²) < 4.78 is 0. The van der Waals surface area contributed by atoms with Crippen LogP contribution in [0.1, 0.15) is 28.7 Å². The van der Waals surface area contributed by atoms with Gasteiger partial charge in [0.1, 0.15) is 15.8 Å². The van der Waals surface area contributed by atoms with Gasteiger partial charge in [0.25, 0.3) is 0 Å². The van der Waals surface area contributed by atoms with Gasteiger partial charge in [-0.1, -0.05) is 30.4 Å². The highest BCUT2D eigenvalue weighted by Gasteiger charge is 2.10. The molecule has 0 saturated carbocycles. The second-order valence-corrected chi connectivity index (χ2v) is 5.01. The van der Waals surface area contributed by atoms with Crippen LogP contribution in [0.3, 0.4) is 0 Å². The Morgan fingerprint density at radius 3 is 2.47 bits per heavy atom. The minimum atomic E-state index is -0.960. The van der Waals surface area contributed by atoms with E-state index in [0.717, 1.165) is 5.56 Å². The summed E-state index contributed by atoms with van der Waals surface area (Å²) in [5, 5.41) is 18.2. The summed E-state index contributed by atoms with van der Waals surface area (Å²) in [5.74, 6) is -0.832. The van der Waals surface area contributed by atoms with Crippen LogP contribution in [0.4, 0.5) is 0 Å². The molecule has 2 aromatic rings. The lowest BCUT2D eigenvalue weighted by molar-refractivity contribution is -0.118. The minimum Gasteiger partial charge on any atom is -0.478 e. The molecule has 0 atom stereocenters. The Morgan fingerprint density at radius 1 is 1.21 bits per heavy atom. The zero-order valence-electron chi connectivity index (χ0n) is 10.3. The molecule has 98 valence electrons. The van der Waals surface area contributed by atoms with Crippen molar-refractivity contribution in [3.05, 3.63) is 34.8 Å². The number of Topliss-reactive ketones (excluding diaryl/α,β-unsaturated/α-hetero) is 1. The number of aromatic nitrogens is 2. The average Bonchev–Trinajstić information content (AvgIpc) is 2.87. The SMILES string of the molecule is CCC(=O)Cc1nnc(-c2ccc(C(=O)O)cc2)s1. The molecule has 0 aliphatic heterocycles. The second-order valence-electron chi connectivity index (χ2n) is 3.95. The number of carboxylic acids is 1. The van der Waals surface area contributed by atoms with E-state index in [1.54, 1.807) is 12.1 Å². The highest BCUT2D eigenvalue weighted by Crippen LogP contribution is 2.24. The molecule has 1 N–H and O–H groups in total. The first-order valence-electron chi connectivity index (χ1n) is 5.78. The number of rotatable bonds is 5. The third-order valence-electron chi connectivity index (χ3n) is 2.59. The molecule has 0 spiro atoms. The van der Waals surface area contributed by atoms with Crippen molar-refractivity contribution < 1.29 is 14.7 Å². The molecule has 0 amide bonds. The molecule has 0 fully saturated rings. The van der Waals surface area contributed by atoms with Gasteiger partial charge in [-0.2, -0.15) is 0 Å². The second kappa shape index (κ2) is 5.71. The molecule has 1 heterocycles. The van der Waals surface area contributed by atoms with E-state index in [1.807, 2.05) is 6.92 Å². The standard InChI is InChI=1S/C13H12N2O3S/c1-2-10(16)7-11-14-15-12(19-11)8-3-5-9(6-4-8)13(17)18/h3-6H,2,7H2,1H3,(H,17,18). The van der Waals surface area contributed by atoms with Crippen LogP contribution in [0.25, 0.3) is 10.6 Å². The van der Waals surface area contributed by atoms with E-state index in [4.69, 9.17) is 5.11 Å². The first-order chi connectivity index (χ1) is 9.10. The Bertz CT molecular complexity index is 605. The molecule has 0 saturated heterocycles. The molecular weight excluding hydrogens is 264 g/mol. The fourth-order valence-corrected chi connectivity index (χ4v) is 2.36. The van der Waals surface area contributed by atoms with Gasteiger partial charge in [0, 0.05) is 12.0 Å². The summed E-state index contributed by atoms with van der Waals surface area (Å²) in [5.41, 5.74) is 1.03. The minimum absolute atomic E-state index is 0.129. The zero-order valence-corrected chi connectivity index (χ0v) is 11.1. The van der Waals surface area contributed by atoms with Crippen LogP contribution in [-0.2, 0) is 11.2 Å². The number of carbonyl (C=O) groups is 2. The van der Waals surface area contributed by atoms with Crippen LogP contribution in [-0.4, -0.2) is 27.1 Å². The first-order valence-corrected chi connectivity index (χ1v) is 6.59. The monoisotopic (exact) mass is 276 g/mol. The van der Waals surface area contributed by atoms with E-state index in [9.17, 15) is 9.59 Å². The Hall–Kier alpha value is -2.08. The largest absolute Gasteiger partial charge is 0.478 e. The fraction of sp³-hybridized carbons (Fsp3) is 0.231. The van der Waals surface area contributed by atoms with Crippen molar-refractivity contribution in [1.82, 2.24) is 10.2 Å². The van der Waals surface area contributed by atoms with E-state index in [0.29, 0.717) is 22.9 Å². The van der Waals surface area contributed by atoms with E-state index >= 15 is 0 Å². The number of ketones is 1. The van der Waals surface area contributed by atoms with Crippen molar-refractivity contribution in [2.45, 2.75) is 19.8 Å².